The zero-order chi connectivity index (χ0) is 21.8. The van der Waals surface area contributed by atoms with E-state index in [0.29, 0.717) is 31.9 Å². The predicted octanol–water partition coefficient (Wildman–Crippen LogP) is 1.85. The maximum atomic E-state index is 12.4. The van der Waals surface area contributed by atoms with Gasteiger partial charge in [-0.3, -0.25) is 9.59 Å². The number of carbonyl (C=O) groups is 2. The van der Waals surface area contributed by atoms with Crippen LogP contribution in [0.15, 0.2) is 58.1 Å². The summed E-state index contributed by atoms with van der Waals surface area (Å²) in [5, 5.41) is 0. The molecule has 2 aliphatic rings. The van der Waals surface area contributed by atoms with Gasteiger partial charge in [0.2, 0.25) is 21.8 Å². The Hall–Kier alpha value is -2.91. The lowest BCUT2D eigenvalue weighted by Gasteiger charge is -2.34. The van der Waals surface area contributed by atoms with Crippen molar-refractivity contribution in [1.82, 2.24) is 14.5 Å². The van der Waals surface area contributed by atoms with Gasteiger partial charge >= 0.3 is 0 Å². The monoisotopic (exact) mass is 443 g/mol. The van der Waals surface area contributed by atoms with Crippen LogP contribution in [0.3, 0.4) is 0 Å². The van der Waals surface area contributed by atoms with Crippen molar-refractivity contribution in [1.29, 1.82) is 0 Å². The smallest absolute Gasteiger partial charge is 0.246 e. The largest absolute Gasteiger partial charge is 0.468 e. The lowest BCUT2D eigenvalue weighted by atomic mass is 10.2. The second-order valence-electron chi connectivity index (χ2n) is 7.73. The molecule has 1 N–H and O–H groups in total. The van der Waals surface area contributed by atoms with Gasteiger partial charge in [-0.15, -0.1) is 0 Å². The molecule has 0 bridgehead atoms. The van der Waals surface area contributed by atoms with Gasteiger partial charge in [-0.1, -0.05) is 12.1 Å². The molecule has 1 saturated carbocycles. The Morgan fingerprint density at radius 3 is 2.32 bits per heavy atom. The van der Waals surface area contributed by atoms with Gasteiger partial charge in [0, 0.05) is 38.2 Å². The van der Waals surface area contributed by atoms with Crippen molar-refractivity contribution in [2.45, 2.75) is 24.3 Å². The Morgan fingerprint density at radius 1 is 1.03 bits per heavy atom. The van der Waals surface area contributed by atoms with E-state index >= 15 is 0 Å². The fourth-order valence-electron chi connectivity index (χ4n) is 3.43. The maximum absolute atomic E-state index is 12.4. The number of rotatable bonds is 7. The van der Waals surface area contributed by atoms with Crippen LogP contribution < -0.4 is 4.72 Å². The first kappa shape index (κ1) is 21.3. The van der Waals surface area contributed by atoms with Crippen LogP contribution in [0.5, 0.6) is 0 Å². The van der Waals surface area contributed by atoms with Gasteiger partial charge in [0.15, 0.2) is 0 Å². The number of nitrogens with one attached hydrogen (secondary N) is 1. The van der Waals surface area contributed by atoms with Gasteiger partial charge < -0.3 is 14.2 Å². The van der Waals surface area contributed by atoms with E-state index < -0.39 is 10.0 Å². The minimum Gasteiger partial charge on any atom is -0.468 e. The fourth-order valence-corrected chi connectivity index (χ4v) is 4.42. The average molecular weight is 444 g/mol. The number of piperazine rings is 1. The maximum Gasteiger partial charge on any atom is 0.246 e. The lowest BCUT2D eigenvalue weighted by molar-refractivity contribution is -0.138. The van der Waals surface area contributed by atoms with Crippen molar-refractivity contribution >= 4 is 27.9 Å². The molecule has 0 radical (unpaired) electrons. The van der Waals surface area contributed by atoms with Crippen LogP contribution >= 0.6 is 0 Å². The highest BCUT2D eigenvalue weighted by Crippen LogP contribution is 2.31. The molecule has 2 heterocycles. The zero-order valence-corrected chi connectivity index (χ0v) is 17.9. The molecule has 1 aromatic carbocycles. The second-order valence-corrected chi connectivity index (χ2v) is 9.50. The molecule has 2 aromatic rings. The molecule has 1 aliphatic heterocycles. The van der Waals surface area contributed by atoms with E-state index in [1.807, 2.05) is 4.90 Å². The van der Waals surface area contributed by atoms with Gasteiger partial charge in [0.1, 0.15) is 5.76 Å². The van der Waals surface area contributed by atoms with E-state index in [-0.39, 0.29) is 29.2 Å². The summed E-state index contributed by atoms with van der Waals surface area (Å²) in [7, 11) is -3.66. The summed E-state index contributed by atoms with van der Waals surface area (Å²) in [6.07, 6.45) is 6.61. The molecule has 0 spiro atoms. The first-order valence-corrected chi connectivity index (χ1v) is 11.8. The number of hydrogen-bond acceptors (Lipinski definition) is 5. The summed E-state index contributed by atoms with van der Waals surface area (Å²) in [6.45, 7) is 2.28. The topological polar surface area (TPSA) is 99.9 Å². The quantitative estimate of drug-likeness (QED) is 0.659. The van der Waals surface area contributed by atoms with Crippen LogP contribution in [-0.2, 0) is 26.2 Å². The van der Waals surface area contributed by atoms with Crippen molar-refractivity contribution < 1.29 is 22.4 Å². The standard InChI is InChI=1S/C22H25N3O5S/c26-21(24-11-13-25(14-12-24)22(27)18-6-7-18)10-5-17-3-8-20(9-4-17)31(28,29)23-16-19-2-1-15-30-19/h1-5,8-10,15,18,23H,6-7,11-14,16H2/b10-5+. The molecule has 1 aliphatic carbocycles. The first-order valence-electron chi connectivity index (χ1n) is 10.3. The molecular formula is C22H25N3O5S. The van der Waals surface area contributed by atoms with Crippen molar-refractivity contribution in [2.75, 3.05) is 26.2 Å². The number of nitrogens with zero attached hydrogens (tertiary/aromatic N) is 2. The third-order valence-corrected chi connectivity index (χ3v) is 6.87. The summed E-state index contributed by atoms with van der Waals surface area (Å²) in [6, 6.07) is 9.68. The van der Waals surface area contributed by atoms with E-state index in [1.165, 1.54) is 24.5 Å². The van der Waals surface area contributed by atoms with Crippen LogP contribution in [-0.4, -0.2) is 56.2 Å². The Balaban J connectivity index is 1.29. The molecular weight excluding hydrogens is 418 g/mol. The molecule has 1 aromatic heterocycles. The van der Waals surface area contributed by atoms with E-state index in [9.17, 15) is 18.0 Å². The summed E-state index contributed by atoms with van der Waals surface area (Å²) in [5.41, 5.74) is 0.723. The van der Waals surface area contributed by atoms with Crippen molar-refractivity contribution in [3.8, 4) is 0 Å². The van der Waals surface area contributed by atoms with Crippen LogP contribution in [0, 0.1) is 5.92 Å². The number of hydrogen-bond donors (Lipinski definition) is 1. The molecule has 8 nitrogen and oxygen atoms in total. The number of sulfonamides is 1. The molecule has 9 heteroatoms. The lowest BCUT2D eigenvalue weighted by Crippen LogP contribution is -2.50. The highest BCUT2D eigenvalue weighted by Gasteiger charge is 2.34. The Morgan fingerprint density at radius 2 is 1.71 bits per heavy atom. The zero-order valence-electron chi connectivity index (χ0n) is 17.1. The molecule has 164 valence electrons. The average Bonchev–Trinajstić information content (AvgIpc) is 3.51. The first-order chi connectivity index (χ1) is 14.9. The van der Waals surface area contributed by atoms with Crippen molar-refractivity contribution in [3.05, 3.63) is 60.1 Å². The SMILES string of the molecule is O=C(/C=C/c1ccc(S(=O)(=O)NCc2ccco2)cc1)N1CCN(C(=O)C2CC2)CC1. The molecule has 0 atom stereocenters. The summed E-state index contributed by atoms with van der Waals surface area (Å²) >= 11 is 0. The Kier molecular flexibility index (Phi) is 6.24. The van der Waals surface area contributed by atoms with E-state index in [2.05, 4.69) is 4.72 Å². The van der Waals surface area contributed by atoms with Gasteiger partial charge in [-0.25, -0.2) is 13.1 Å². The molecule has 4 rings (SSSR count). The van der Waals surface area contributed by atoms with Crippen LogP contribution in [0.25, 0.3) is 6.08 Å². The van der Waals surface area contributed by atoms with Gasteiger partial charge in [0.25, 0.3) is 0 Å². The van der Waals surface area contributed by atoms with Crippen molar-refractivity contribution in [2.24, 2.45) is 5.92 Å². The van der Waals surface area contributed by atoms with Gasteiger partial charge in [0.05, 0.1) is 17.7 Å². The summed E-state index contributed by atoms with van der Waals surface area (Å²) in [4.78, 5) is 28.3. The Labute approximate surface area is 181 Å². The third kappa shape index (κ3) is 5.42. The summed E-state index contributed by atoms with van der Waals surface area (Å²) < 4.78 is 32.4. The number of carbonyl (C=O) groups excluding carboxylic acids is 2. The van der Waals surface area contributed by atoms with Crippen LogP contribution in [0.2, 0.25) is 0 Å². The minimum absolute atomic E-state index is 0.0744. The summed E-state index contributed by atoms with van der Waals surface area (Å²) in [5.74, 6) is 0.834. The van der Waals surface area contributed by atoms with Crippen molar-refractivity contribution in [3.63, 3.8) is 0 Å². The Bertz CT molecular complexity index is 1050. The van der Waals surface area contributed by atoms with E-state index in [4.69, 9.17) is 4.42 Å². The normalized spacial score (nSPS) is 17.3. The molecule has 1 saturated heterocycles. The highest BCUT2D eigenvalue weighted by molar-refractivity contribution is 7.89. The molecule has 0 unspecified atom stereocenters. The highest BCUT2D eigenvalue weighted by atomic mass is 32.2. The predicted molar refractivity (Wildman–Crippen MR) is 114 cm³/mol. The molecule has 2 amide bonds. The third-order valence-electron chi connectivity index (χ3n) is 5.45. The van der Waals surface area contributed by atoms with Crippen LogP contribution in [0.4, 0.5) is 0 Å². The molecule has 2 fully saturated rings. The van der Waals surface area contributed by atoms with Crippen LogP contribution in [0.1, 0.15) is 24.2 Å². The fraction of sp³-hybridized carbons (Fsp3) is 0.364. The second kappa shape index (κ2) is 9.07. The van der Waals surface area contributed by atoms with E-state index in [0.717, 1.165) is 18.4 Å². The number of amides is 2. The number of furan rings is 1. The minimum atomic E-state index is -3.66. The van der Waals surface area contributed by atoms with Gasteiger partial charge in [-0.05, 0) is 48.7 Å². The van der Waals surface area contributed by atoms with E-state index in [1.54, 1.807) is 35.2 Å². The number of benzene rings is 1. The molecule has 31 heavy (non-hydrogen) atoms. The van der Waals surface area contributed by atoms with Gasteiger partial charge in [-0.2, -0.15) is 0 Å².